The molecule has 0 spiro atoms. The Labute approximate surface area is 108 Å². The monoisotopic (exact) mass is 247 g/mol. The number of aromatic nitrogens is 2. The van der Waals surface area contributed by atoms with Crippen LogP contribution >= 0.6 is 0 Å². The Morgan fingerprint density at radius 3 is 2.94 bits per heavy atom. The van der Waals surface area contributed by atoms with Gasteiger partial charge in [-0.25, -0.2) is 9.97 Å². The van der Waals surface area contributed by atoms with E-state index in [0.29, 0.717) is 5.92 Å². The minimum atomic E-state index is 0.231. The van der Waals surface area contributed by atoms with Crippen LogP contribution < -0.4 is 5.32 Å². The van der Waals surface area contributed by atoms with Gasteiger partial charge in [0.15, 0.2) is 0 Å². The molecule has 2 aliphatic rings. The number of hydrogen-bond acceptors (Lipinski definition) is 4. The third-order valence-corrected chi connectivity index (χ3v) is 3.86. The number of nitrogens with zero attached hydrogens (tertiary/aromatic N) is 2. The van der Waals surface area contributed by atoms with Crippen LogP contribution in [-0.4, -0.2) is 35.8 Å². The van der Waals surface area contributed by atoms with Gasteiger partial charge in [0.2, 0.25) is 0 Å². The standard InChI is InChI=1S/C14H21N3O/c1-10-7-13(11-3-2-4-11)17-14(16-10)8-12-9-15-5-6-18-12/h7,11-12,15H,2-6,8-9H2,1H3. The lowest BCUT2D eigenvalue weighted by Crippen LogP contribution is -2.40. The maximum Gasteiger partial charge on any atom is 0.131 e. The molecular formula is C14H21N3O. The normalized spacial score (nSPS) is 24.8. The van der Waals surface area contributed by atoms with Crippen molar-refractivity contribution in [2.45, 2.75) is 44.6 Å². The summed E-state index contributed by atoms with van der Waals surface area (Å²) in [5, 5.41) is 3.35. The molecule has 4 heteroatoms. The van der Waals surface area contributed by atoms with Crippen LogP contribution in [0.5, 0.6) is 0 Å². The van der Waals surface area contributed by atoms with Crippen LogP contribution in [0.15, 0.2) is 6.07 Å². The molecule has 1 saturated heterocycles. The van der Waals surface area contributed by atoms with E-state index in [0.717, 1.165) is 37.6 Å². The average Bonchev–Trinajstić information content (AvgIpc) is 2.27. The summed E-state index contributed by atoms with van der Waals surface area (Å²) in [5.74, 6) is 1.63. The predicted octanol–water partition coefficient (Wildman–Crippen LogP) is 1.58. The zero-order valence-corrected chi connectivity index (χ0v) is 11.0. The lowest BCUT2D eigenvalue weighted by molar-refractivity contribution is 0.0279. The van der Waals surface area contributed by atoms with E-state index in [1.807, 2.05) is 0 Å². The van der Waals surface area contributed by atoms with Crippen LogP contribution in [0.2, 0.25) is 0 Å². The quantitative estimate of drug-likeness (QED) is 0.881. The number of nitrogens with one attached hydrogen (secondary N) is 1. The lowest BCUT2D eigenvalue weighted by atomic mass is 9.82. The van der Waals surface area contributed by atoms with Crippen LogP contribution in [0, 0.1) is 6.92 Å². The highest BCUT2D eigenvalue weighted by atomic mass is 16.5. The van der Waals surface area contributed by atoms with Crippen molar-refractivity contribution in [2.24, 2.45) is 0 Å². The molecule has 1 aromatic rings. The van der Waals surface area contributed by atoms with Gasteiger partial charge in [-0.3, -0.25) is 0 Å². The van der Waals surface area contributed by atoms with Gasteiger partial charge in [0.1, 0.15) is 5.82 Å². The maximum atomic E-state index is 5.72. The molecule has 18 heavy (non-hydrogen) atoms. The largest absolute Gasteiger partial charge is 0.375 e. The van der Waals surface area contributed by atoms with E-state index in [2.05, 4.69) is 23.3 Å². The minimum Gasteiger partial charge on any atom is -0.375 e. The molecule has 0 amide bonds. The van der Waals surface area contributed by atoms with E-state index in [4.69, 9.17) is 9.72 Å². The van der Waals surface area contributed by atoms with Gasteiger partial charge in [0, 0.05) is 36.8 Å². The lowest BCUT2D eigenvalue weighted by Gasteiger charge is -2.26. The molecule has 1 aromatic heterocycles. The Kier molecular flexibility index (Phi) is 3.57. The van der Waals surface area contributed by atoms with Gasteiger partial charge in [-0.2, -0.15) is 0 Å². The summed E-state index contributed by atoms with van der Waals surface area (Å²) in [7, 11) is 0. The van der Waals surface area contributed by atoms with Crippen LogP contribution in [0.4, 0.5) is 0 Å². The Bertz CT molecular complexity index is 412. The van der Waals surface area contributed by atoms with Crippen molar-refractivity contribution >= 4 is 0 Å². The molecule has 1 atom stereocenters. The third-order valence-electron chi connectivity index (χ3n) is 3.86. The summed E-state index contributed by atoms with van der Waals surface area (Å²) >= 11 is 0. The van der Waals surface area contributed by atoms with E-state index in [1.165, 1.54) is 25.0 Å². The molecule has 1 unspecified atom stereocenters. The van der Waals surface area contributed by atoms with E-state index < -0.39 is 0 Å². The second kappa shape index (κ2) is 5.33. The van der Waals surface area contributed by atoms with Crippen LogP contribution in [0.25, 0.3) is 0 Å². The Morgan fingerprint density at radius 1 is 1.39 bits per heavy atom. The van der Waals surface area contributed by atoms with Gasteiger partial charge in [-0.05, 0) is 25.8 Å². The smallest absolute Gasteiger partial charge is 0.131 e. The molecule has 2 fully saturated rings. The molecule has 3 rings (SSSR count). The predicted molar refractivity (Wildman–Crippen MR) is 69.7 cm³/mol. The molecule has 1 N–H and O–H groups in total. The average molecular weight is 247 g/mol. The highest BCUT2D eigenvalue weighted by molar-refractivity contribution is 5.16. The van der Waals surface area contributed by atoms with Crippen LogP contribution in [0.3, 0.4) is 0 Å². The molecule has 0 bridgehead atoms. The fourth-order valence-electron chi connectivity index (χ4n) is 2.62. The van der Waals surface area contributed by atoms with Crippen molar-refractivity contribution in [1.82, 2.24) is 15.3 Å². The Morgan fingerprint density at radius 2 is 2.28 bits per heavy atom. The first-order chi connectivity index (χ1) is 8.81. The summed E-state index contributed by atoms with van der Waals surface area (Å²) in [5.41, 5.74) is 2.33. The highest BCUT2D eigenvalue weighted by Gasteiger charge is 2.22. The molecule has 2 heterocycles. The molecule has 1 saturated carbocycles. The molecule has 4 nitrogen and oxygen atoms in total. The van der Waals surface area contributed by atoms with Crippen molar-refractivity contribution < 1.29 is 4.74 Å². The van der Waals surface area contributed by atoms with Crippen molar-refractivity contribution in [2.75, 3.05) is 19.7 Å². The molecular weight excluding hydrogens is 226 g/mol. The minimum absolute atomic E-state index is 0.231. The number of rotatable bonds is 3. The van der Waals surface area contributed by atoms with E-state index in [1.54, 1.807) is 0 Å². The maximum absolute atomic E-state index is 5.72. The molecule has 98 valence electrons. The topological polar surface area (TPSA) is 47.0 Å². The zero-order chi connectivity index (χ0) is 12.4. The van der Waals surface area contributed by atoms with Crippen molar-refractivity contribution in [3.8, 4) is 0 Å². The SMILES string of the molecule is Cc1cc(C2CCC2)nc(CC2CNCCO2)n1. The summed E-state index contributed by atoms with van der Waals surface area (Å²) in [6, 6.07) is 2.15. The molecule has 0 aromatic carbocycles. The summed E-state index contributed by atoms with van der Waals surface area (Å²) in [4.78, 5) is 9.28. The van der Waals surface area contributed by atoms with E-state index >= 15 is 0 Å². The van der Waals surface area contributed by atoms with Gasteiger partial charge in [0.05, 0.1) is 12.7 Å². The van der Waals surface area contributed by atoms with Gasteiger partial charge in [0.25, 0.3) is 0 Å². The number of ether oxygens (including phenoxy) is 1. The van der Waals surface area contributed by atoms with Gasteiger partial charge in [-0.1, -0.05) is 6.42 Å². The second-order valence-electron chi connectivity index (χ2n) is 5.38. The molecule has 0 radical (unpaired) electrons. The number of morpholine rings is 1. The summed E-state index contributed by atoms with van der Waals surface area (Å²) in [6.45, 7) is 4.73. The zero-order valence-electron chi connectivity index (χ0n) is 11.0. The van der Waals surface area contributed by atoms with Crippen LogP contribution in [-0.2, 0) is 11.2 Å². The highest BCUT2D eigenvalue weighted by Crippen LogP contribution is 2.35. The fourth-order valence-corrected chi connectivity index (χ4v) is 2.62. The first kappa shape index (κ1) is 12.1. The van der Waals surface area contributed by atoms with Gasteiger partial charge >= 0.3 is 0 Å². The van der Waals surface area contributed by atoms with Crippen molar-refractivity contribution in [3.63, 3.8) is 0 Å². The first-order valence-electron chi connectivity index (χ1n) is 6.98. The van der Waals surface area contributed by atoms with Crippen LogP contribution in [0.1, 0.15) is 42.4 Å². The molecule has 1 aliphatic heterocycles. The van der Waals surface area contributed by atoms with Crippen molar-refractivity contribution in [3.05, 3.63) is 23.3 Å². The third kappa shape index (κ3) is 2.70. The summed E-state index contributed by atoms with van der Waals surface area (Å²) < 4.78 is 5.72. The Balaban J connectivity index is 1.71. The Hall–Kier alpha value is -1.00. The molecule has 1 aliphatic carbocycles. The fraction of sp³-hybridized carbons (Fsp3) is 0.714. The van der Waals surface area contributed by atoms with Crippen molar-refractivity contribution in [1.29, 1.82) is 0 Å². The number of hydrogen-bond donors (Lipinski definition) is 1. The summed E-state index contributed by atoms with van der Waals surface area (Å²) in [6.07, 6.45) is 4.98. The van der Waals surface area contributed by atoms with Gasteiger partial charge in [-0.15, -0.1) is 0 Å². The van der Waals surface area contributed by atoms with E-state index in [9.17, 15) is 0 Å². The second-order valence-corrected chi connectivity index (χ2v) is 5.38. The van der Waals surface area contributed by atoms with E-state index in [-0.39, 0.29) is 6.10 Å². The van der Waals surface area contributed by atoms with Gasteiger partial charge < -0.3 is 10.1 Å². The first-order valence-corrected chi connectivity index (χ1v) is 6.98. The number of aryl methyl sites for hydroxylation is 1.